The molecule has 0 aliphatic carbocycles. The van der Waals surface area contributed by atoms with E-state index < -0.39 is 0 Å². The first-order valence-corrected chi connectivity index (χ1v) is 5.05. The van der Waals surface area contributed by atoms with Crippen molar-refractivity contribution in [2.24, 2.45) is 0 Å². The van der Waals surface area contributed by atoms with Gasteiger partial charge in [0.1, 0.15) is 0 Å². The Morgan fingerprint density at radius 3 is 1.17 bits per heavy atom. The fourth-order valence-electron chi connectivity index (χ4n) is 1.45. The van der Waals surface area contributed by atoms with Crippen molar-refractivity contribution in [3.05, 3.63) is 27.8 Å². The Morgan fingerprint density at radius 2 is 0.833 bits per heavy atom. The van der Waals surface area contributed by atoms with Gasteiger partial charge in [0.15, 0.2) is 0 Å². The molecular weight excluding hydrogens is 233 g/mol. The monoisotopic (exact) mass is 249 g/mol. The van der Waals surface area contributed by atoms with Gasteiger partial charge in [0.2, 0.25) is 0 Å². The van der Waals surface area contributed by atoms with Crippen LogP contribution in [0.3, 0.4) is 0 Å². The quantitative estimate of drug-likeness (QED) is 0.618. The van der Waals surface area contributed by atoms with E-state index in [2.05, 4.69) is 52.9 Å². The molecule has 0 aromatic heterocycles. The number of rotatable bonds is 0. The Morgan fingerprint density at radius 1 is 0.583 bits per heavy atom. The molecule has 0 unspecified atom stereocenters. The maximum atomic E-state index is 2.74. The third-order valence-corrected chi connectivity index (χ3v) is 4.19. The molecule has 0 atom stereocenters. The topological polar surface area (TPSA) is 0 Å². The van der Waals surface area contributed by atoms with Gasteiger partial charge < -0.3 is 0 Å². The predicted octanol–water partition coefficient (Wildman–Crippen LogP) is 2.40. The summed E-state index contributed by atoms with van der Waals surface area (Å²) in [6, 6.07) is 0. The molecule has 0 aliphatic rings. The van der Waals surface area contributed by atoms with Crippen LogP contribution in [0.25, 0.3) is 0 Å². The van der Waals surface area contributed by atoms with E-state index in [1.54, 1.807) is 0 Å². The summed E-state index contributed by atoms with van der Waals surface area (Å²) in [6.45, 7) is 11.0. The van der Waals surface area contributed by atoms with Crippen LogP contribution in [0.5, 0.6) is 0 Å². The van der Waals surface area contributed by atoms with E-state index in [0.717, 1.165) is 0 Å². The summed E-state index contributed by atoms with van der Waals surface area (Å²) in [5.74, 6) is 0. The summed E-state index contributed by atoms with van der Waals surface area (Å²) in [7, 11) is 0. The van der Waals surface area contributed by atoms with Crippen molar-refractivity contribution in [1.29, 1.82) is 0 Å². The molecule has 1 aromatic rings. The van der Waals surface area contributed by atoms with E-state index in [-0.39, 0.29) is 0 Å². The summed E-state index contributed by atoms with van der Waals surface area (Å²) in [5, 5.41) is 0. The first-order valence-electron chi connectivity index (χ1n) is 4.18. The van der Waals surface area contributed by atoms with E-state index in [1.165, 1.54) is 32.0 Å². The molecule has 0 spiro atoms. The van der Waals surface area contributed by atoms with Gasteiger partial charge in [0, 0.05) is 0 Å². The van der Waals surface area contributed by atoms with Crippen LogP contribution in [0.4, 0.5) is 0 Å². The fraction of sp³-hybridized carbons (Fsp3) is 0.455. The molecule has 0 saturated carbocycles. The van der Waals surface area contributed by atoms with Crippen LogP contribution in [0.15, 0.2) is 0 Å². The minimum absolute atomic E-state index is 1.38. The van der Waals surface area contributed by atoms with Crippen molar-refractivity contribution in [2.75, 3.05) is 0 Å². The summed E-state index contributed by atoms with van der Waals surface area (Å²) in [5.41, 5.74) is 7.16. The van der Waals surface area contributed by atoms with Gasteiger partial charge >= 0.3 is 84.9 Å². The normalized spacial score (nSPS) is 10.5. The zero-order chi connectivity index (χ0) is 9.46. The molecule has 0 nitrogen and oxygen atoms in total. The molecule has 1 heteroatoms. The first kappa shape index (κ1) is 9.93. The fourth-order valence-corrected chi connectivity index (χ4v) is 2.10. The summed E-state index contributed by atoms with van der Waals surface area (Å²) >= 11 is 2.74. The van der Waals surface area contributed by atoms with E-state index in [9.17, 15) is 0 Å². The molecule has 0 fully saturated rings. The molecule has 0 radical (unpaired) electrons. The van der Waals surface area contributed by atoms with Crippen LogP contribution < -0.4 is 4.16 Å². The Bertz CT molecular complexity index is 219. The van der Waals surface area contributed by atoms with E-state index in [0.29, 0.717) is 0 Å². The van der Waals surface area contributed by atoms with E-state index in [4.69, 9.17) is 0 Å². The van der Waals surface area contributed by atoms with Crippen LogP contribution in [-0.2, 0) is 18.3 Å². The molecule has 0 saturated heterocycles. The van der Waals surface area contributed by atoms with Gasteiger partial charge in [-0.25, -0.2) is 0 Å². The van der Waals surface area contributed by atoms with Gasteiger partial charge in [-0.15, -0.1) is 0 Å². The molecule has 1 rings (SSSR count). The minimum atomic E-state index is 1.38. The van der Waals surface area contributed by atoms with E-state index >= 15 is 0 Å². The SMILES string of the molecule is Cc1c(C)c(C)[c]([Ru])c(C)c1C. The van der Waals surface area contributed by atoms with Crippen molar-refractivity contribution in [1.82, 2.24) is 0 Å². The molecule has 0 aliphatic heterocycles. The second kappa shape index (κ2) is 3.30. The zero-order valence-electron chi connectivity index (χ0n) is 8.35. The van der Waals surface area contributed by atoms with Crippen LogP contribution in [0, 0.1) is 34.6 Å². The molecule has 67 valence electrons. The second-order valence-electron chi connectivity index (χ2n) is 3.43. The number of hydrogen-bond acceptors (Lipinski definition) is 0. The van der Waals surface area contributed by atoms with Gasteiger partial charge in [-0.2, -0.15) is 0 Å². The Labute approximate surface area is 85.1 Å². The van der Waals surface area contributed by atoms with Gasteiger partial charge in [0.05, 0.1) is 0 Å². The van der Waals surface area contributed by atoms with Crippen molar-refractivity contribution in [2.45, 2.75) is 34.6 Å². The van der Waals surface area contributed by atoms with Crippen molar-refractivity contribution in [3.8, 4) is 0 Å². The summed E-state index contributed by atoms with van der Waals surface area (Å²) < 4.78 is 1.38. The van der Waals surface area contributed by atoms with Crippen LogP contribution in [0.1, 0.15) is 27.8 Å². The van der Waals surface area contributed by atoms with Crippen LogP contribution in [0.2, 0.25) is 0 Å². The predicted molar refractivity (Wildman–Crippen MR) is 49.8 cm³/mol. The molecule has 0 N–H and O–H groups in total. The molecule has 0 amide bonds. The first-order chi connectivity index (χ1) is 5.46. The Balaban J connectivity index is 3.60. The van der Waals surface area contributed by atoms with Crippen LogP contribution >= 0.6 is 0 Å². The van der Waals surface area contributed by atoms with Gasteiger partial charge in [-0.3, -0.25) is 0 Å². The van der Waals surface area contributed by atoms with Crippen molar-refractivity contribution >= 4 is 4.16 Å². The third-order valence-electron chi connectivity index (χ3n) is 2.89. The van der Waals surface area contributed by atoms with Gasteiger partial charge in [-0.1, -0.05) is 0 Å². The Hall–Kier alpha value is -0.157. The van der Waals surface area contributed by atoms with Crippen LogP contribution in [-0.4, -0.2) is 0 Å². The molecule has 0 heterocycles. The molecule has 0 bridgehead atoms. The molecular formula is C11H15Ru. The molecule has 12 heavy (non-hydrogen) atoms. The Kier molecular flexibility index (Phi) is 2.73. The van der Waals surface area contributed by atoms with Crippen molar-refractivity contribution in [3.63, 3.8) is 0 Å². The second-order valence-corrected chi connectivity index (χ2v) is 4.30. The number of hydrogen-bond donors (Lipinski definition) is 0. The van der Waals surface area contributed by atoms with E-state index in [1.807, 2.05) is 0 Å². The maximum absolute atomic E-state index is 2.74. The van der Waals surface area contributed by atoms with Gasteiger partial charge in [0.25, 0.3) is 0 Å². The van der Waals surface area contributed by atoms with Gasteiger partial charge in [-0.05, 0) is 0 Å². The average molecular weight is 248 g/mol. The zero-order valence-corrected chi connectivity index (χ0v) is 10.1. The summed E-state index contributed by atoms with van der Waals surface area (Å²) in [6.07, 6.45) is 0. The number of benzene rings is 1. The average Bonchev–Trinajstić information content (AvgIpc) is 2.08. The molecule has 1 aromatic carbocycles. The van der Waals surface area contributed by atoms with Crippen molar-refractivity contribution < 1.29 is 18.3 Å². The third kappa shape index (κ3) is 1.35. The standard InChI is InChI=1S/C11H15.Ru/c1-7-6-8(2)10(4)11(5)9(7)3;/h1-5H3;. The summed E-state index contributed by atoms with van der Waals surface area (Å²) in [4.78, 5) is 0.